The molecule has 0 radical (unpaired) electrons. The fourth-order valence-corrected chi connectivity index (χ4v) is 5.00. The molecule has 158 valence electrons. The van der Waals surface area contributed by atoms with E-state index in [1.165, 1.54) is 11.3 Å². The lowest BCUT2D eigenvalue weighted by atomic mass is 9.75. The van der Waals surface area contributed by atoms with Gasteiger partial charge >= 0.3 is 0 Å². The molecule has 2 aromatic rings. The minimum atomic E-state index is -0.889. The van der Waals surface area contributed by atoms with E-state index in [0.717, 1.165) is 21.5 Å². The summed E-state index contributed by atoms with van der Waals surface area (Å²) in [5.41, 5.74) is 1.45. The fraction of sp³-hybridized carbons (Fsp3) is 0.381. The predicted octanol–water partition coefficient (Wildman–Crippen LogP) is 3.47. The topological polar surface area (TPSA) is 87.7 Å². The van der Waals surface area contributed by atoms with Gasteiger partial charge in [0.1, 0.15) is 12.1 Å². The second kappa shape index (κ2) is 8.49. The normalized spacial score (nSPS) is 17.9. The molecule has 2 fully saturated rings. The molecule has 2 heterocycles. The van der Waals surface area contributed by atoms with E-state index in [0.29, 0.717) is 36.6 Å². The fourth-order valence-electron chi connectivity index (χ4n) is 3.71. The quantitative estimate of drug-likeness (QED) is 0.669. The van der Waals surface area contributed by atoms with Crippen LogP contribution in [0.1, 0.15) is 34.5 Å². The van der Waals surface area contributed by atoms with Crippen LogP contribution in [-0.4, -0.2) is 43.0 Å². The number of halogens is 1. The van der Waals surface area contributed by atoms with Crippen molar-refractivity contribution in [3.8, 4) is 0 Å². The molecule has 1 aliphatic carbocycles. The number of carbonyl (C=O) groups is 3. The zero-order valence-corrected chi connectivity index (χ0v) is 18.9. The number of ether oxygens (including phenoxy) is 1. The van der Waals surface area contributed by atoms with Gasteiger partial charge in [-0.3, -0.25) is 14.4 Å². The summed E-state index contributed by atoms with van der Waals surface area (Å²) < 4.78 is 6.06. The van der Waals surface area contributed by atoms with Crippen molar-refractivity contribution in [3.63, 3.8) is 0 Å². The van der Waals surface area contributed by atoms with Crippen LogP contribution < -0.4 is 15.5 Å². The summed E-state index contributed by atoms with van der Waals surface area (Å²) in [5.74, 6) is -0.525. The molecule has 3 amide bonds. The molecular weight excluding hydrogens is 470 g/mol. The summed E-state index contributed by atoms with van der Waals surface area (Å²) in [6.07, 6.45) is 2.10. The third kappa shape index (κ3) is 4.14. The molecule has 1 aliphatic heterocycles. The number of morpholine rings is 1. The lowest BCUT2D eigenvalue weighted by Gasteiger charge is -2.40. The van der Waals surface area contributed by atoms with E-state index in [1.54, 1.807) is 17.0 Å². The summed E-state index contributed by atoms with van der Waals surface area (Å²) in [6, 6.07) is 9.03. The number of thiophene rings is 1. The molecule has 0 unspecified atom stereocenters. The van der Waals surface area contributed by atoms with Crippen molar-refractivity contribution >= 4 is 56.4 Å². The van der Waals surface area contributed by atoms with Crippen molar-refractivity contribution in [2.75, 3.05) is 30.0 Å². The highest BCUT2D eigenvalue weighted by Gasteiger charge is 2.45. The number of nitrogens with one attached hydrogen (secondary N) is 2. The number of nitrogens with zero attached hydrogens (tertiary/aromatic N) is 1. The van der Waals surface area contributed by atoms with Gasteiger partial charge in [0.2, 0.25) is 5.91 Å². The Kier molecular flexibility index (Phi) is 5.95. The Balaban J connectivity index is 1.46. The predicted molar refractivity (Wildman–Crippen MR) is 119 cm³/mol. The lowest BCUT2D eigenvalue weighted by molar-refractivity contribution is -0.126. The van der Waals surface area contributed by atoms with Crippen LogP contribution in [0.25, 0.3) is 0 Å². The average Bonchev–Trinajstić information content (AvgIpc) is 3.12. The number of hydrogen-bond donors (Lipinski definition) is 2. The molecule has 2 aliphatic rings. The Morgan fingerprint density at radius 2 is 2.03 bits per heavy atom. The van der Waals surface area contributed by atoms with Crippen LogP contribution in [0.4, 0.5) is 11.4 Å². The van der Waals surface area contributed by atoms with Gasteiger partial charge in [0, 0.05) is 17.9 Å². The molecule has 30 heavy (non-hydrogen) atoms. The first-order valence-electron chi connectivity index (χ1n) is 9.76. The zero-order chi connectivity index (χ0) is 21.3. The Labute approximate surface area is 186 Å². The van der Waals surface area contributed by atoms with E-state index in [2.05, 4.69) is 26.6 Å². The molecule has 7 nitrogen and oxygen atoms in total. The molecular formula is C21H22BrN3O4S. The van der Waals surface area contributed by atoms with Crippen molar-refractivity contribution in [3.05, 3.63) is 44.6 Å². The molecule has 4 rings (SSSR count). The van der Waals surface area contributed by atoms with Crippen molar-refractivity contribution in [1.29, 1.82) is 0 Å². The first kappa shape index (κ1) is 21.0. The maximum atomic E-state index is 13.0. The highest BCUT2D eigenvalue weighted by atomic mass is 79.9. The van der Waals surface area contributed by atoms with Crippen molar-refractivity contribution < 1.29 is 19.1 Å². The minimum absolute atomic E-state index is 0.0718. The Hall–Kier alpha value is -2.23. The van der Waals surface area contributed by atoms with Crippen LogP contribution in [0, 0.1) is 6.92 Å². The van der Waals surface area contributed by atoms with Crippen LogP contribution >= 0.6 is 27.3 Å². The number of carbonyl (C=O) groups excluding carboxylic acids is 3. The van der Waals surface area contributed by atoms with Gasteiger partial charge in [-0.1, -0.05) is 0 Å². The van der Waals surface area contributed by atoms with Crippen LogP contribution in [0.5, 0.6) is 0 Å². The molecule has 0 bridgehead atoms. The molecule has 9 heteroatoms. The number of anilines is 2. The summed E-state index contributed by atoms with van der Waals surface area (Å²) in [7, 11) is 0. The summed E-state index contributed by atoms with van der Waals surface area (Å²) in [5, 5.41) is 5.88. The summed E-state index contributed by atoms with van der Waals surface area (Å²) >= 11 is 4.69. The van der Waals surface area contributed by atoms with Gasteiger partial charge in [-0.05, 0) is 78.0 Å². The smallest absolute Gasteiger partial charge is 0.262 e. The van der Waals surface area contributed by atoms with Crippen LogP contribution in [0.15, 0.2) is 34.1 Å². The first-order valence-corrected chi connectivity index (χ1v) is 11.4. The SMILES string of the molecule is Cc1cc(NC(=O)C2(NC(=O)c3ccc(Br)s3)CCC2)ccc1N1CCOCC1=O. The maximum absolute atomic E-state index is 13.0. The van der Waals surface area contributed by atoms with Crippen LogP contribution in [0.2, 0.25) is 0 Å². The van der Waals surface area contributed by atoms with Crippen molar-refractivity contribution in [2.45, 2.75) is 31.7 Å². The second-order valence-electron chi connectivity index (χ2n) is 7.55. The molecule has 1 saturated carbocycles. The van der Waals surface area contributed by atoms with Gasteiger partial charge in [-0.15, -0.1) is 11.3 Å². The van der Waals surface area contributed by atoms with E-state index in [4.69, 9.17) is 4.74 Å². The number of aryl methyl sites for hydroxylation is 1. The van der Waals surface area contributed by atoms with E-state index in [1.807, 2.05) is 25.1 Å². The van der Waals surface area contributed by atoms with Gasteiger partial charge in [-0.25, -0.2) is 0 Å². The van der Waals surface area contributed by atoms with Gasteiger partial charge < -0.3 is 20.3 Å². The molecule has 0 spiro atoms. The number of amides is 3. The summed E-state index contributed by atoms with van der Waals surface area (Å²) in [6.45, 7) is 3.01. The van der Waals surface area contributed by atoms with E-state index in [-0.39, 0.29) is 24.3 Å². The Morgan fingerprint density at radius 3 is 2.63 bits per heavy atom. The number of hydrogen-bond acceptors (Lipinski definition) is 5. The summed E-state index contributed by atoms with van der Waals surface area (Å²) in [4.78, 5) is 40.0. The lowest BCUT2D eigenvalue weighted by Crippen LogP contribution is -2.61. The molecule has 0 atom stereocenters. The van der Waals surface area contributed by atoms with E-state index >= 15 is 0 Å². The highest BCUT2D eigenvalue weighted by molar-refractivity contribution is 9.11. The minimum Gasteiger partial charge on any atom is -0.370 e. The molecule has 1 aromatic heterocycles. The van der Waals surface area contributed by atoms with Crippen LogP contribution in [-0.2, 0) is 14.3 Å². The van der Waals surface area contributed by atoms with Gasteiger partial charge in [0.25, 0.3) is 11.8 Å². The molecule has 2 N–H and O–H groups in total. The average molecular weight is 492 g/mol. The standard InChI is InChI=1S/C21H22BrN3O4S/c1-13-11-14(3-4-15(13)25-9-10-29-12-18(25)26)23-20(28)21(7-2-8-21)24-19(27)16-5-6-17(22)30-16/h3-6,11H,2,7-10,12H2,1H3,(H,23,28)(H,24,27). The largest absolute Gasteiger partial charge is 0.370 e. The third-order valence-electron chi connectivity index (χ3n) is 5.52. The molecule has 1 saturated heterocycles. The first-order chi connectivity index (χ1) is 14.4. The van der Waals surface area contributed by atoms with E-state index in [9.17, 15) is 14.4 Å². The Bertz CT molecular complexity index is 1000. The zero-order valence-electron chi connectivity index (χ0n) is 16.5. The van der Waals surface area contributed by atoms with Crippen LogP contribution in [0.3, 0.4) is 0 Å². The Morgan fingerprint density at radius 1 is 1.23 bits per heavy atom. The maximum Gasteiger partial charge on any atom is 0.262 e. The van der Waals surface area contributed by atoms with Gasteiger partial charge in [-0.2, -0.15) is 0 Å². The number of rotatable bonds is 5. The monoisotopic (exact) mass is 491 g/mol. The highest BCUT2D eigenvalue weighted by Crippen LogP contribution is 2.35. The van der Waals surface area contributed by atoms with Crippen molar-refractivity contribution in [1.82, 2.24) is 5.32 Å². The van der Waals surface area contributed by atoms with Gasteiger partial charge in [0.15, 0.2) is 0 Å². The third-order valence-corrected chi connectivity index (χ3v) is 7.15. The van der Waals surface area contributed by atoms with Crippen molar-refractivity contribution in [2.24, 2.45) is 0 Å². The van der Waals surface area contributed by atoms with E-state index < -0.39 is 5.54 Å². The second-order valence-corrected chi connectivity index (χ2v) is 10.0. The number of benzene rings is 1. The van der Waals surface area contributed by atoms with Gasteiger partial charge in [0.05, 0.1) is 15.3 Å². The molecule has 1 aromatic carbocycles.